The van der Waals surface area contributed by atoms with E-state index in [-0.39, 0.29) is 30.5 Å². The lowest BCUT2D eigenvalue weighted by molar-refractivity contribution is -0.134. The molecular weight excluding hydrogens is 460 g/mol. The van der Waals surface area contributed by atoms with Crippen LogP contribution in [-0.4, -0.2) is 63.4 Å². The molecule has 2 aromatic rings. The first-order chi connectivity index (χ1) is 13.8. The van der Waals surface area contributed by atoms with Gasteiger partial charge in [0.05, 0.1) is 12.0 Å². The molecule has 1 amide bonds. The molecule has 0 spiro atoms. The van der Waals surface area contributed by atoms with Crippen molar-refractivity contribution in [1.82, 2.24) is 9.21 Å². The largest absolute Gasteiger partial charge is 0.493 e. The van der Waals surface area contributed by atoms with Crippen LogP contribution in [0.3, 0.4) is 0 Å². The number of aryl methyl sites for hydroxylation is 1. The first-order valence-corrected chi connectivity index (χ1v) is 11.4. The number of methoxy groups -OCH3 is 1. The van der Waals surface area contributed by atoms with Gasteiger partial charge in [0.15, 0.2) is 18.1 Å². The first-order valence-electron chi connectivity index (χ1n) is 9.12. The molecular formula is C20H23BrN2O5S. The Kier molecular flexibility index (Phi) is 6.81. The molecule has 0 unspecified atom stereocenters. The molecule has 0 radical (unpaired) electrons. The van der Waals surface area contributed by atoms with Crippen molar-refractivity contribution in [3.05, 3.63) is 52.5 Å². The van der Waals surface area contributed by atoms with E-state index in [1.165, 1.54) is 4.31 Å². The van der Waals surface area contributed by atoms with Gasteiger partial charge >= 0.3 is 0 Å². The third kappa shape index (κ3) is 5.09. The highest BCUT2D eigenvalue weighted by atomic mass is 79.9. The molecule has 7 nitrogen and oxygen atoms in total. The summed E-state index contributed by atoms with van der Waals surface area (Å²) in [5.41, 5.74) is 1.03. The summed E-state index contributed by atoms with van der Waals surface area (Å²) in [6.45, 7) is 2.95. The molecule has 0 saturated carbocycles. The highest BCUT2D eigenvalue weighted by Gasteiger charge is 2.30. The minimum atomic E-state index is -3.58. The number of hydrogen-bond acceptors (Lipinski definition) is 5. The number of ether oxygens (including phenoxy) is 2. The Morgan fingerprint density at radius 3 is 2.45 bits per heavy atom. The molecule has 0 N–H and O–H groups in total. The minimum absolute atomic E-state index is 0.127. The molecule has 0 aliphatic carbocycles. The molecule has 0 aromatic heterocycles. The standard InChI is InChI=1S/C20H23BrN2O5S/c1-15-6-7-18(19(12-15)27-2)28-14-20(24)22-8-10-23(11-9-22)29(25,26)17-5-3-4-16(21)13-17/h3-7,12-13H,8-11,14H2,1-2H3. The molecule has 0 bridgehead atoms. The maximum Gasteiger partial charge on any atom is 0.260 e. The van der Waals surface area contributed by atoms with Gasteiger partial charge in [-0.15, -0.1) is 0 Å². The predicted octanol–water partition coefficient (Wildman–Crippen LogP) is 2.68. The van der Waals surface area contributed by atoms with E-state index < -0.39 is 10.0 Å². The molecule has 1 heterocycles. The lowest BCUT2D eigenvalue weighted by Crippen LogP contribution is -2.51. The lowest BCUT2D eigenvalue weighted by Gasteiger charge is -2.34. The third-order valence-corrected chi connectivity index (χ3v) is 7.08. The van der Waals surface area contributed by atoms with E-state index in [1.54, 1.807) is 42.3 Å². The third-order valence-electron chi connectivity index (χ3n) is 4.70. The smallest absolute Gasteiger partial charge is 0.260 e. The van der Waals surface area contributed by atoms with Gasteiger partial charge in [-0.1, -0.05) is 28.1 Å². The highest BCUT2D eigenvalue weighted by Crippen LogP contribution is 2.28. The van der Waals surface area contributed by atoms with Gasteiger partial charge in [0, 0.05) is 30.7 Å². The molecule has 1 saturated heterocycles. The van der Waals surface area contributed by atoms with Crippen LogP contribution in [0.25, 0.3) is 0 Å². The number of rotatable bonds is 6. The Morgan fingerprint density at radius 2 is 1.79 bits per heavy atom. The maximum atomic E-state index is 12.8. The molecule has 1 aliphatic heterocycles. The number of benzene rings is 2. The van der Waals surface area contributed by atoms with Gasteiger partial charge in [-0.05, 0) is 42.8 Å². The second-order valence-corrected chi connectivity index (χ2v) is 9.54. The Morgan fingerprint density at radius 1 is 1.07 bits per heavy atom. The predicted molar refractivity (Wildman–Crippen MR) is 113 cm³/mol. The van der Waals surface area contributed by atoms with E-state index in [9.17, 15) is 13.2 Å². The molecule has 3 rings (SSSR count). The Bertz CT molecular complexity index is 988. The van der Waals surface area contributed by atoms with Crippen LogP contribution in [0, 0.1) is 6.92 Å². The van der Waals surface area contributed by atoms with Gasteiger partial charge in [-0.2, -0.15) is 4.31 Å². The van der Waals surface area contributed by atoms with Crippen molar-refractivity contribution >= 4 is 31.9 Å². The first kappa shape index (κ1) is 21.6. The van der Waals surface area contributed by atoms with E-state index >= 15 is 0 Å². The number of sulfonamides is 1. The molecule has 1 fully saturated rings. The van der Waals surface area contributed by atoms with Crippen molar-refractivity contribution in [2.45, 2.75) is 11.8 Å². The SMILES string of the molecule is COc1cc(C)ccc1OCC(=O)N1CCN(S(=O)(=O)c2cccc(Br)c2)CC1. The zero-order valence-electron chi connectivity index (χ0n) is 16.3. The molecule has 1 aliphatic rings. The minimum Gasteiger partial charge on any atom is -0.493 e. The fourth-order valence-corrected chi connectivity index (χ4v) is 5.10. The van der Waals surface area contributed by atoms with E-state index in [4.69, 9.17) is 9.47 Å². The van der Waals surface area contributed by atoms with Crippen LogP contribution in [-0.2, 0) is 14.8 Å². The van der Waals surface area contributed by atoms with Gasteiger partial charge < -0.3 is 14.4 Å². The summed E-state index contributed by atoms with van der Waals surface area (Å²) in [6.07, 6.45) is 0. The Balaban J connectivity index is 1.57. The zero-order chi connectivity index (χ0) is 21.0. The summed E-state index contributed by atoms with van der Waals surface area (Å²) < 4.78 is 38.6. The van der Waals surface area contributed by atoms with Gasteiger partial charge in [0.25, 0.3) is 5.91 Å². The number of nitrogens with zero attached hydrogens (tertiary/aromatic N) is 2. The summed E-state index contributed by atoms with van der Waals surface area (Å²) in [6, 6.07) is 12.1. The van der Waals surface area contributed by atoms with Gasteiger partial charge in [0.1, 0.15) is 0 Å². The van der Waals surface area contributed by atoms with Crippen LogP contribution in [0.2, 0.25) is 0 Å². The molecule has 9 heteroatoms. The van der Waals surface area contributed by atoms with Crippen LogP contribution < -0.4 is 9.47 Å². The summed E-state index contributed by atoms with van der Waals surface area (Å²) in [7, 11) is -2.03. The maximum absolute atomic E-state index is 12.8. The van der Waals surface area contributed by atoms with Crippen molar-refractivity contribution in [3.8, 4) is 11.5 Å². The van der Waals surface area contributed by atoms with E-state index in [0.717, 1.165) is 5.56 Å². The number of halogens is 1. The van der Waals surface area contributed by atoms with E-state index in [1.807, 2.05) is 19.1 Å². The quantitative estimate of drug-likeness (QED) is 0.632. The number of carbonyl (C=O) groups excluding carboxylic acids is 1. The van der Waals surface area contributed by atoms with E-state index in [0.29, 0.717) is 29.1 Å². The molecule has 2 aromatic carbocycles. The summed E-state index contributed by atoms with van der Waals surface area (Å²) in [5, 5.41) is 0. The van der Waals surface area contributed by atoms with Gasteiger partial charge in [-0.3, -0.25) is 4.79 Å². The average Bonchev–Trinajstić information content (AvgIpc) is 2.72. The molecule has 0 atom stereocenters. The van der Waals surface area contributed by atoms with E-state index in [2.05, 4.69) is 15.9 Å². The Labute approximate surface area is 179 Å². The van der Waals surface area contributed by atoms with Gasteiger partial charge in [0.2, 0.25) is 10.0 Å². The van der Waals surface area contributed by atoms with Crippen molar-refractivity contribution < 1.29 is 22.7 Å². The van der Waals surface area contributed by atoms with Crippen molar-refractivity contribution in [1.29, 1.82) is 0 Å². The zero-order valence-corrected chi connectivity index (χ0v) is 18.7. The summed E-state index contributed by atoms with van der Waals surface area (Å²) >= 11 is 3.30. The van der Waals surface area contributed by atoms with Crippen LogP contribution in [0.15, 0.2) is 51.8 Å². The Hall–Kier alpha value is -2.10. The topological polar surface area (TPSA) is 76.2 Å². The fourth-order valence-electron chi connectivity index (χ4n) is 3.08. The normalized spacial score (nSPS) is 15.2. The molecule has 29 heavy (non-hydrogen) atoms. The highest BCUT2D eigenvalue weighted by molar-refractivity contribution is 9.10. The second kappa shape index (κ2) is 9.15. The van der Waals surface area contributed by atoms with Crippen LogP contribution >= 0.6 is 15.9 Å². The number of amides is 1. The monoisotopic (exact) mass is 482 g/mol. The van der Waals surface area contributed by atoms with Crippen molar-refractivity contribution in [3.63, 3.8) is 0 Å². The van der Waals surface area contributed by atoms with Crippen LogP contribution in [0.5, 0.6) is 11.5 Å². The van der Waals surface area contributed by atoms with Gasteiger partial charge in [-0.25, -0.2) is 8.42 Å². The number of hydrogen-bond donors (Lipinski definition) is 0. The van der Waals surface area contributed by atoms with Crippen molar-refractivity contribution in [2.75, 3.05) is 39.9 Å². The van der Waals surface area contributed by atoms with Crippen LogP contribution in [0.4, 0.5) is 0 Å². The van der Waals surface area contributed by atoms with Crippen LogP contribution in [0.1, 0.15) is 5.56 Å². The lowest BCUT2D eigenvalue weighted by atomic mass is 10.2. The number of piperazine rings is 1. The summed E-state index contributed by atoms with van der Waals surface area (Å²) in [5.74, 6) is 0.886. The van der Waals surface area contributed by atoms with Crippen molar-refractivity contribution in [2.24, 2.45) is 0 Å². The summed E-state index contributed by atoms with van der Waals surface area (Å²) in [4.78, 5) is 14.4. The average molecular weight is 483 g/mol. The second-order valence-electron chi connectivity index (χ2n) is 6.69. The number of carbonyl (C=O) groups is 1. The fraction of sp³-hybridized carbons (Fsp3) is 0.350. The molecule has 156 valence electrons.